The largest absolute Gasteiger partial charge is 0.467 e. The Morgan fingerprint density at radius 1 is 1.14 bits per heavy atom. The van der Waals surface area contributed by atoms with E-state index in [0.717, 1.165) is 30.4 Å². The lowest BCUT2D eigenvalue weighted by Gasteiger charge is -2.35. The van der Waals surface area contributed by atoms with Crippen molar-refractivity contribution >= 4 is 11.9 Å². The average Bonchev–Trinajstić information content (AvgIpc) is 2.49. The number of amides is 1. The molecule has 1 saturated carbocycles. The molecule has 0 aromatic heterocycles. The molecule has 1 aromatic rings. The minimum absolute atomic E-state index is 0.119. The molecule has 0 aliphatic heterocycles. The van der Waals surface area contributed by atoms with Crippen molar-refractivity contribution in [2.24, 2.45) is 0 Å². The molecular weight excluding hydrogens is 266 g/mol. The number of hydrogen-bond acceptors (Lipinski definition) is 3. The lowest BCUT2D eigenvalue weighted by atomic mass is 9.81. The lowest BCUT2D eigenvalue weighted by Crippen LogP contribution is -2.56. The van der Waals surface area contributed by atoms with Crippen LogP contribution in [0.3, 0.4) is 0 Å². The van der Waals surface area contributed by atoms with E-state index in [-0.39, 0.29) is 11.9 Å². The molecule has 1 fully saturated rings. The zero-order chi connectivity index (χ0) is 15.3. The van der Waals surface area contributed by atoms with Crippen LogP contribution >= 0.6 is 0 Å². The first-order valence-electron chi connectivity index (χ1n) is 7.51. The third kappa shape index (κ3) is 3.84. The Hall–Kier alpha value is -1.84. The Morgan fingerprint density at radius 3 is 2.33 bits per heavy atom. The number of hydrogen-bond donors (Lipinski definition) is 1. The molecule has 4 heteroatoms. The lowest BCUT2D eigenvalue weighted by molar-refractivity contribution is -0.152. The highest BCUT2D eigenvalue weighted by molar-refractivity contribution is 5.89. The van der Waals surface area contributed by atoms with Crippen molar-refractivity contribution in [2.75, 3.05) is 7.11 Å². The number of aryl methyl sites for hydroxylation is 1. The van der Waals surface area contributed by atoms with Gasteiger partial charge in [0.1, 0.15) is 5.54 Å². The highest BCUT2D eigenvalue weighted by Gasteiger charge is 2.41. The average molecular weight is 289 g/mol. The van der Waals surface area contributed by atoms with E-state index in [1.807, 2.05) is 31.2 Å². The smallest absolute Gasteiger partial charge is 0.331 e. The van der Waals surface area contributed by atoms with Crippen molar-refractivity contribution in [2.45, 2.75) is 51.0 Å². The molecule has 4 nitrogen and oxygen atoms in total. The summed E-state index contributed by atoms with van der Waals surface area (Å²) >= 11 is 0. The van der Waals surface area contributed by atoms with Gasteiger partial charge in [-0.1, -0.05) is 49.1 Å². The van der Waals surface area contributed by atoms with Gasteiger partial charge in [0, 0.05) is 0 Å². The molecule has 1 aromatic carbocycles. The molecule has 21 heavy (non-hydrogen) atoms. The fourth-order valence-electron chi connectivity index (χ4n) is 2.93. The van der Waals surface area contributed by atoms with E-state index < -0.39 is 5.54 Å². The maximum Gasteiger partial charge on any atom is 0.331 e. The summed E-state index contributed by atoms with van der Waals surface area (Å²) in [6, 6.07) is 7.86. The Balaban J connectivity index is 2.04. The van der Waals surface area contributed by atoms with E-state index in [1.54, 1.807) is 0 Å². The monoisotopic (exact) mass is 289 g/mol. The number of rotatable bonds is 4. The van der Waals surface area contributed by atoms with Gasteiger partial charge in [-0.15, -0.1) is 0 Å². The predicted octanol–water partition coefficient (Wildman–Crippen LogP) is 2.53. The Morgan fingerprint density at radius 2 is 1.76 bits per heavy atom. The first kappa shape index (κ1) is 15.5. The standard InChI is InChI=1S/C17H23NO3/c1-13-6-8-14(9-7-13)12-15(19)18-17(16(20)21-2)10-4-3-5-11-17/h6-9H,3-5,10-12H2,1-2H3,(H,18,19). The van der Waals surface area contributed by atoms with Gasteiger partial charge in [0.05, 0.1) is 13.5 Å². The summed E-state index contributed by atoms with van der Waals surface area (Å²) in [5.74, 6) is -0.439. The Labute approximate surface area is 125 Å². The highest BCUT2D eigenvalue weighted by atomic mass is 16.5. The van der Waals surface area contributed by atoms with Crippen LogP contribution in [0, 0.1) is 6.92 Å². The van der Waals surface area contributed by atoms with Crippen molar-refractivity contribution in [1.29, 1.82) is 0 Å². The number of methoxy groups -OCH3 is 1. The molecule has 0 saturated heterocycles. The summed E-state index contributed by atoms with van der Waals surface area (Å²) in [5, 5.41) is 2.93. The fourth-order valence-corrected chi connectivity index (χ4v) is 2.93. The number of carbonyl (C=O) groups excluding carboxylic acids is 2. The molecular formula is C17H23NO3. The van der Waals surface area contributed by atoms with Crippen LogP contribution in [0.25, 0.3) is 0 Å². The van der Waals surface area contributed by atoms with E-state index in [1.165, 1.54) is 7.11 Å². The molecule has 1 aliphatic carbocycles. The van der Waals surface area contributed by atoms with Crippen LogP contribution in [-0.4, -0.2) is 24.5 Å². The van der Waals surface area contributed by atoms with E-state index >= 15 is 0 Å². The van der Waals surface area contributed by atoms with Crippen molar-refractivity contribution in [3.8, 4) is 0 Å². The molecule has 114 valence electrons. The van der Waals surface area contributed by atoms with E-state index in [9.17, 15) is 9.59 Å². The second kappa shape index (κ2) is 6.74. The quantitative estimate of drug-likeness (QED) is 0.867. The minimum atomic E-state index is -0.825. The van der Waals surface area contributed by atoms with Crippen LogP contribution in [0.4, 0.5) is 0 Å². The molecule has 1 amide bonds. The predicted molar refractivity (Wildman–Crippen MR) is 80.9 cm³/mol. The summed E-state index contributed by atoms with van der Waals surface area (Å²) < 4.78 is 4.91. The normalized spacial score (nSPS) is 17.0. The zero-order valence-electron chi connectivity index (χ0n) is 12.8. The third-order valence-corrected chi connectivity index (χ3v) is 4.15. The van der Waals surface area contributed by atoms with Crippen LogP contribution in [0.1, 0.15) is 43.2 Å². The number of esters is 1. The van der Waals surface area contributed by atoms with Crippen LogP contribution in [0.2, 0.25) is 0 Å². The third-order valence-electron chi connectivity index (χ3n) is 4.15. The second-order valence-corrected chi connectivity index (χ2v) is 5.84. The Bertz CT molecular complexity index is 501. The molecule has 0 unspecified atom stereocenters. The van der Waals surface area contributed by atoms with Gasteiger partial charge in [-0.25, -0.2) is 4.79 Å². The van der Waals surface area contributed by atoms with Crippen molar-refractivity contribution in [3.63, 3.8) is 0 Å². The number of nitrogens with one attached hydrogen (secondary N) is 1. The summed E-state index contributed by atoms with van der Waals surface area (Å²) in [7, 11) is 1.38. The number of ether oxygens (including phenoxy) is 1. The molecule has 1 N–H and O–H groups in total. The Kier molecular flexibility index (Phi) is 4.99. The summed E-state index contributed by atoms with van der Waals surface area (Å²) in [6.45, 7) is 2.01. The van der Waals surface area contributed by atoms with Crippen molar-refractivity contribution < 1.29 is 14.3 Å². The van der Waals surface area contributed by atoms with Crippen LogP contribution in [0.5, 0.6) is 0 Å². The molecule has 2 rings (SSSR count). The molecule has 0 heterocycles. The molecule has 0 bridgehead atoms. The SMILES string of the molecule is COC(=O)C1(NC(=O)Cc2ccc(C)cc2)CCCCC1. The molecule has 0 spiro atoms. The summed E-state index contributed by atoms with van der Waals surface area (Å²) in [6.07, 6.45) is 4.62. The van der Waals surface area contributed by atoms with Crippen LogP contribution in [-0.2, 0) is 20.7 Å². The van der Waals surface area contributed by atoms with Gasteiger partial charge in [-0.05, 0) is 25.3 Å². The van der Waals surface area contributed by atoms with Crippen molar-refractivity contribution in [1.82, 2.24) is 5.32 Å². The van der Waals surface area contributed by atoms with Gasteiger partial charge in [0.2, 0.25) is 5.91 Å². The van der Waals surface area contributed by atoms with Crippen molar-refractivity contribution in [3.05, 3.63) is 35.4 Å². The highest BCUT2D eigenvalue weighted by Crippen LogP contribution is 2.29. The van der Waals surface area contributed by atoms with Gasteiger partial charge in [-0.3, -0.25) is 4.79 Å². The maximum atomic E-state index is 12.3. The zero-order valence-corrected chi connectivity index (χ0v) is 12.8. The first-order valence-corrected chi connectivity index (χ1v) is 7.51. The molecule has 0 atom stereocenters. The van der Waals surface area contributed by atoms with E-state index in [4.69, 9.17) is 4.74 Å². The van der Waals surface area contributed by atoms with E-state index in [0.29, 0.717) is 19.3 Å². The number of benzene rings is 1. The van der Waals surface area contributed by atoms with Gasteiger partial charge in [0.25, 0.3) is 0 Å². The number of carbonyl (C=O) groups is 2. The van der Waals surface area contributed by atoms with Gasteiger partial charge >= 0.3 is 5.97 Å². The summed E-state index contributed by atoms with van der Waals surface area (Å²) in [4.78, 5) is 24.4. The molecule has 0 radical (unpaired) electrons. The van der Waals surface area contributed by atoms with Crippen LogP contribution < -0.4 is 5.32 Å². The maximum absolute atomic E-state index is 12.3. The van der Waals surface area contributed by atoms with Crippen LogP contribution in [0.15, 0.2) is 24.3 Å². The van der Waals surface area contributed by atoms with E-state index in [2.05, 4.69) is 5.32 Å². The minimum Gasteiger partial charge on any atom is -0.467 e. The van der Waals surface area contributed by atoms with Gasteiger partial charge in [0.15, 0.2) is 0 Å². The molecule has 1 aliphatic rings. The summed E-state index contributed by atoms with van der Waals surface area (Å²) in [5.41, 5.74) is 1.29. The topological polar surface area (TPSA) is 55.4 Å². The first-order chi connectivity index (χ1) is 10.1. The van der Waals surface area contributed by atoms with Gasteiger partial charge < -0.3 is 10.1 Å². The fraction of sp³-hybridized carbons (Fsp3) is 0.529. The second-order valence-electron chi connectivity index (χ2n) is 5.84. The van der Waals surface area contributed by atoms with Gasteiger partial charge in [-0.2, -0.15) is 0 Å².